The Bertz CT molecular complexity index is 347. The monoisotopic (exact) mass is 296 g/mol. The van der Waals surface area contributed by atoms with Crippen molar-refractivity contribution in [3.8, 4) is 0 Å². The van der Waals surface area contributed by atoms with Crippen molar-refractivity contribution in [3.63, 3.8) is 0 Å². The van der Waals surface area contributed by atoms with E-state index in [0.29, 0.717) is 6.42 Å². The summed E-state index contributed by atoms with van der Waals surface area (Å²) in [5.41, 5.74) is 0. The summed E-state index contributed by atoms with van der Waals surface area (Å²) >= 11 is 0. The van der Waals surface area contributed by atoms with Crippen molar-refractivity contribution < 1.29 is 27.5 Å². The Morgan fingerprint density at radius 1 is 1.40 bits per heavy atom. The molecule has 1 atom stereocenters. The Hall–Kier alpha value is -1.31. The van der Waals surface area contributed by atoms with Crippen LogP contribution in [0.4, 0.5) is 13.2 Å². The molecule has 1 heterocycles. The van der Waals surface area contributed by atoms with Gasteiger partial charge in [0.2, 0.25) is 11.8 Å². The molecule has 0 saturated carbocycles. The molecule has 1 aliphatic rings. The molecule has 0 radical (unpaired) electrons. The molecule has 1 aliphatic heterocycles. The smallest absolute Gasteiger partial charge is 0.372 e. The van der Waals surface area contributed by atoms with Gasteiger partial charge in [0.05, 0.1) is 6.54 Å². The maximum absolute atomic E-state index is 12.0. The fourth-order valence-electron chi connectivity index (χ4n) is 1.99. The lowest BCUT2D eigenvalue weighted by molar-refractivity contribution is -0.174. The number of nitrogens with one attached hydrogen (secondary N) is 1. The summed E-state index contributed by atoms with van der Waals surface area (Å²) in [4.78, 5) is 24.8. The molecule has 8 heteroatoms. The van der Waals surface area contributed by atoms with E-state index in [1.165, 1.54) is 4.90 Å². The van der Waals surface area contributed by atoms with Gasteiger partial charge in [0.25, 0.3) is 0 Å². The second kappa shape index (κ2) is 7.47. The molecule has 0 aromatic carbocycles. The number of halogens is 3. The molecule has 1 unspecified atom stereocenters. The van der Waals surface area contributed by atoms with Crippen LogP contribution in [0.15, 0.2) is 0 Å². The number of ether oxygens (including phenoxy) is 1. The SMILES string of the molecule is CCCC1NC(=O)CN(CCCOCC(F)(F)F)C1=O. The minimum atomic E-state index is -4.34. The number of carbonyl (C=O) groups is 2. The Morgan fingerprint density at radius 2 is 2.10 bits per heavy atom. The highest BCUT2D eigenvalue weighted by atomic mass is 19.4. The van der Waals surface area contributed by atoms with Crippen molar-refractivity contribution in [2.24, 2.45) is 0 Å². The van der Waals surface area contributed by atoms with E-state index in [9.17, 15) is 22.8 Å². The molecular weight excluding hydrogens is 277 g/mol. The van der Waals surface area contributed by atoms with Crippen LogP contribution in [0.2, 0.25) is 0 Å². The van der Waals surface area contributed by atoms with Gasteiger partial charge in [0.15, 0.2) is 0 Å². The summed E-state index contributed by atoms with van der Waals surface area (Å²) in [6.07, 6.45) is -2.74. The molecule has 1 N–H and O–H groups in total. The van der Waals surface area contributed by atoms with Crippen molar-refractivity contribution in [1.82, 2.24) is 10.2 Å². The molecule has 1 rings (SSSR count). The van der Waals surface area contributed by atoms with Crippen molar-refractivity contribution in [2.45, 2.75) is 38.4 Å². The fraction of sp³-hybridized carbons (Fsp3) is 0.833. The molecular formula is C12H19F3N2O3. The van der Waals surface area contributed by atoms with Gasteiger partial charge in [-0.25, -0.2) is 0 Å². The first-order valence-electron chi connectivity index (χ1n) is 6.56. The van der Waals surface area contributed by atoms with Crippen molar-refractivity contribution >= 4 is 11.8 Å². The first kappa shape index (κ1) is 16.7. The van der Waals surface area contributed by atoms with Gasteiger partial charge >= 0.3 is 6.18 Å². The number of piperazine rings is 1. The van der Waals surface area contributed by atoms with Gasteiger partial charge in [-0.1, -0.05) is 13.3 Å². The van der Waals surface area contributed by atoms with Crippen molar-refractivity contribution in [2.75, 3.05) is 26.3 Å². The van der Waals surface area contributed by atoms with Crippen LogP contribution in [0.25, 0.3) is 0 Å². The number of hydrogen-bond acceptors (Lipinski definition) is 3. The summed E-state index contributed by atoms with van der Waals surface area (Å²) in [5, 5.41) is 2.61. The average molecular weight is 296 g/mol. The van der Waals surface area contributed by atoms with Gasteiger partial charge in [-0.2, -0.15) is 13.2 Å². The van der Waals surface area contributed by atoms with Gasteiger partial charge in [-0.15, -0.1) is 0 Å². The summed E-state index contributed by atoms with van der Waals surface area (Å²) in [6, 6.07) is -0.516. The highest BCUT2D eigenvalue weighted by Gasteiger charge is 2.31. The van der Waals surface area contributed by atoms with E-state index in [1.54, 1.807) is 0 Å². The number of rotatable bonds is 7. The van der Waals surface area contributed by atoms with E-state index < -0.39 is 18.8 Å². The summed E-state index contributed by atoms with van der Waals surface area (Å²) in [6.45, 7) is 0.704. The molecule has 1 fully saturated rings. The summed E-state index contributed by atoms with van der Waals surface area (Å²) < 4.78 is 40.0. The van der Waals surface area contributed by atoms with Crippen LogP contribution in [0.3, 0.4) is 0 Å². The Balaban J connectivity index is 2.31. The van der Waals surface area contributed by atoms with Gasteiger partial charge in [-0.05, 0) is 12.8 Å². The summed E-state index contributed by atoms with van der Waals surface area (Å²) in [5.74, 6) is -0.415. The standard InChI is InChI=1S/C12H19F3N2O3/c1-2-4-9-11(19)17(7-10(18)16-9)5-3-6-20-8-12(13,14)15/h9H,2-8H2,1H3,(H,16,18). The Labute approximate surface area is 115 Å². The van der Waals surface area contributed by atoms with Crippen LogP contribution in [-0.2, 0) is 14.3 Å². The quantitative estimate of drug-likeness (QED) is 0.715. The fourth-order valence-corrected chi connectivity index (χ4v) is 1.99. The number of hydrogen-bond donors (Lipinski definition) is 1. The van der Waals surface area contributed by atoms with E-state index in [-0.39, 0.29) is 37.9 Å². The zero-order chi connectivity index (χ0) is 15.2. The third-order valence-electron chi connectivity index (χ3n) is 2.84. The molecule has 0 aliphatic carbocycles. The number of alkyl halides is 3. The zero-order valence-electron chi connectivity index (χ0n) is 11.3. The zero-order valence-corrected chi connectivity index (χ0v) is 11.3. The van der Waals surface area contributed by atoms with Crippen LogP contribution in [0.5, 0.6) is 0 Å². The minimum Gasteiger partial charge on any atom is -0.372 e. The number of nitrogens with zero attached hydrogens (tertiary/aromatic N) is 1. The topological polar surface area (TPSA) is 58.6 Å². The highest BCUT2D eigenvalue weighted by Crippen LogP contribution is 2.14. The Kier molecular flexibility index (Phi) is 6.25. The lowest BCUT2D eigenvalue weighted by Gasteiger charge is -2.32. The highest BCUT2D eigenvalue weighted by molar-refractivity contribution is 5.94. The van der Waals surface area contributed by atoms with Crippen LogP contribution in [-0.4, -0.2) is 55.2 Å². The molecule has 0 spiro atoms. The van der Waals surface area contributed by atoms with Gasteiger partial charge < -0.3 is 15.0 Å². The number of carbonyl (C=O) groups excluding carboxylic acids is 2. The lowest BCUT2D eigenvalue weighted by atomic mass is 10.1. The molecule has 5 nitrogen and oxygen atoms in total. The normalized spacial score (nSPS) is 20.2. The van der Waals surface area contributed by atoms with E-state index in [1.807, 2.05) is 6.92 Å². The molecule has 0 aromatic heterocycles. The van der Waals surface area contributed by atoms with Crippen LogP contribution in [0.1, 0.15) is 26.2 Å². The second-order valence-electron chi connectivity index (χ2n) is 4.69. The predicted octanol–water partition coefficient (Wildman–Crippen LogP) is 1.08. The van der Waals surface area contributed by atoms with Crippen LogP contribution in [0, 0.1) is 0 Å². The molecule has 0 aromatic rings. The van der Waals surface area contributed by atoms with Gasteiger partial charge in [-0.3, -0.25) is 9.59 Å². The largest absolute Gasteiger partial charge is 0.411 e. The minimum absolute atomic E-state index is 0.0433. The first-order chi connectivity index (χ1) is 9.33. The van der Waals surface area contributed by atoms with E-state index in [4.69, 9.17) is 0 Å². The van der Waals surface area contributed by atoms with Crippen LogP contribution >= 0.6 is 0 Å². The summed E-state index contributed by atoms with van der Waals surface area (Å²) in [7, 11) is 0. The lowest BCUT2D eigenvalue weighted by Crippen LogP contribution is -2.58. The van der Waals surface area contributed by atoms with Crippen molar-refractivity contribution in [1.29, 1.82) is 0 Å². The molecule has 20 heavy (non-hydrogen) atoms. The third-order valence-corrected chi connectivity index (χ3v) is 2.84. The molecule has 1 saturated heterocycles. The third kappa shape index (κ3) is 5.77. The second-order valence-corrected chi connectivity index (χ2v) is 4.69. The van der Waals surface area contributed by atoms with E-state index in [0.717, 1.165) is 6.42 Å². The van der Waals surface area contributed by atoms with Crippen LogP contribution < -0.4 is 5.32 Å². The first-order valence-corrected chi connectivity index (χ1v) is 6.56. The van der Waals surface area contributed by atoms with E-state index >= 15 is 0 Å². The maximum atomic E-state index is 12.0. The number of amides is 2. The molecule has 0 bridgehead atoms. The van der Waals surface area contributed by atoms with Gasteiger partial charge in [0, 0.05) is 13.2 Å². The molecule has 2 amide bonds. The molecule has 116 valence electrons. The van der Waals surface area contributed by atoms with Crippen molar-refractivity contribution in [3.05, 3.63) is 0 Å². The Morgan fingerprint density at radius 3 is 2.70 bits per heavy atom. The average Bonchev–Trinajstić information content (AvgIpc) is 2.33. The van der Waals surface area contributed by atoms with E-state index in [2.05, 4.69) is 10.1 Å². The maximum Gasteiger partial charge on any atom is 0.411 e. The predicted molar refractivity (Wildman–Crippen MR) is 64.9 cm³/mol. The van der Waals surface area contributed by atoms with Gasteiger partial charge in [0.1, 0.15) is 12.6 Å².